The molecule has 0 radical (unpaired) electrons. The molecule has 2 aromatic rings. The summed E-state index contributed by atoms with van der Waals surface area (Å²) in [5, 5.41) is 4.04. The van der Waals surface area contributed by atoms with E-state index >= 15 is 0 Å². The number of benzene rings is 2. The third-order valence-corrected chi connectivity index (χ3v) is 8.04. The number of hydrazone groups is 1. The molecule has 38 heavy (non-hydrogen) atoms. The van der Waals surface area contributed by atoms with Crippen molar-refractivity contribution in [3.63, 3.8) is 0 Å². The van der Waals surface area contributed by atoms with Gasteiger partial charge in [0.05, 0.1) is 18.0 Å². The molecule has 0 saturated carbocycles. The lowest BCUT2D eigenvalue weighted by Gasteiger charge is -2.38. The molecule has 0 spiro atoms. The second-order valence-electron chi connectivity index (χ2n) is 8.96. The van der Waals surface area contributed by atoms with Crippen LogP contribution in [0.1, 0.15) is 31.9 Å². The van der Waals surface area contributed by atoms with Gasteiger partial charge in [-0.15, -0.1) is 0 Å². The maximum absolute atomic E-state index is 12.1. The predicted octanol–water partition coefficient (Wildman–Crippen LogP) is 4.22. The number of rotatable bonds is 3. The third kappa shape index (κ3) is 5.37. The zero-order valence-electron chi connectivity index (χ0n) is 21.6. The number of ether oxygens (including phenoxy) is 3. The number of nitrogens with zero attached hydrogens (tertiary/aromatic N) is 3. The summed E-state index contributed by atoms with van der Waals surface area (Å²) in [7, 11) is 0. The van der Waals surface area contributed by atoms with E-state index in [1.807, 2.05) is 43.9 Å². The molecule has 10 nitrogen and oxygen atoms in total. The van der Waals surface area contributed by atoms with E-state index < -0.39 is 12.0 Å². The number of fused-ring (bicyclic) bond motifs is 4. The number of esters is 1. The molecule has 0 fully saturated rings. The van der Waals surface area contributed by atoms with Crippen LogP contribution in [0, 0.1) is 13.8 Å². The summed E-state index contributed by atoms with van der Waals surface area (Å²) in [4.78, 5) is 39.0. The van der Waals surface area contributed by atoms with Gasteiger partial charge in [-0.05, 0) is 70.0 Å². The predicted molar refractivity (Wildman–Crippen MR) is 150 cm³/mol. The topological polar surface area (TPSA) is 110 Å². The van der Waals surface area contributed by atoms with Crippen LogP contribution in [-0.2, 0) is 19.1 Å². The molecule has 202 valence electrons. The first-order valence-electron chi connectivity index (χ1n) is 12.0. The lowest BCUT2D eigenvalue weighted by atomic mass is 10.1. The number of nitrogens with one attached hydrogen (secondary N) is 1. The molecule has 5 rings (SSSR count). The Bertz CT molecular complexity index is 1330. The van der Waals surface area contributed by atoms with Crippen molar-refractivity contribution in [1.82, 2.24) is 5.43 Å². The summed E-state index contributed by atoms with van der Waals surface area (Å²) in [5.74, 6) is 1.32. The first kappa shape index (κ1) is 27.9. The van der Waals surface area contributed by atoms with E-state index in [-0.39, 0.29) is 31.1 Å². The van der Waals surface area contributed by atoms with Gasteiger partial charge >= 0.3 is 5.97 Å². The van der Waals surface area contributed by atoms with E-state index in [1.165, 1.54) is 4.90 Å². The molecule has 0 bridgehead atoms. The van der Waals surface area contributed by atoms with Crippen LogP contribution in [0.3, 0.4) is 0 Å². The van der Waals surface area contributed by atoms with E-state index in [0.717, 1.165) is 37.3 Å². The number of anilines is 2. The van der Waals surface area contributed by atoms with E-state index in [1.54, 1.807) is 19.9 Å². The van der Waals surface area contributed by atoms with Crippen LogP contribution in [0.25, 0.3) is 0 Å². The molecule has 0 aromatic heterocycles. The van der Waals surface area contributed by atoms with Gasteiger partial charge in [0.2, 0.25) is 0 Å². The number of hydrogen-bond acceptors (Lipinski definition) is 8. The first-order valence-corrected chi connectivity index (χ1v) is 13.6. The van der Waals surface area contributed by atoms with Gasteiger partial charge in [-0.1, -0.05) is 31.9 Å². The monoisotopic (exact) mass is 650 g/mol. The third-order valence-electron chi connectivity index (χ3n) is 6.33. The molecule has 2 unspecified atom stereocenters. The average molecular weight is 652 g/mol. The van der Waals surface area contributed by atoms with E-state index in [4.69, 9.17) is 14.2 Å². The normalized spacial score (nSPS) is 18.3. The second kappa shape index (κ2) is 11.3. The first-order chi connectivity index (χ1) is 18.0. The fourth-order valence-corrected chi connectivity index (χ4v) is 4.90. The molecule has 3 aliphatic heterocycles. The number of aryl methyl sites for hydroxylation is 2. The van der Waals surface area contributed by atoms with Gasteiger partial charge in [-0.2, -0.15) is 5.10 Å². The zero-order chi connectivity index (χ0) is 27.7. The zero-order valence-corrected chi connectivity index (χ0v) is 24.8. The number of carbonyl (C=O) groups is 3. The number of amides is 2. The van der Waals surface area contributed by atoms with Crippen molar-refractivity contribution in [2.75, 3.05) is 29.6 Å². The van der Waals surface area contributed by atoms with Crippen molar-refractivity contribution in [3.05, 3.63) is 44.3 Å². The molecule has 2 amide bonds. The van der Waals surface area contributed by atoms with Crippen LogP contribution in [0.2, 0.25) is 0 Å². The molecule has 12 heteroatoms. The van der Waals surface area contributed by atoms with Crippen LogP contribution >= 0.6 is 31.9 Å². The number of amidine groups is 1. The fraction of sp³-hybridized carbons (Fsp3) is 0.385. The molecule has 0 aliphatic carbocycles. The van der Waals surface area contributed by atoms with Gasteiger partial charge in [-0.3, -0.25) is 14.5 Å². The lowest BCUT2D eigenvalue weighted by Crippen LogP contribution is -2.55. The quantitative estimate of drug-likeness (QED) is 0.495. The fourth-order valence-electron chi connectivity index (χ4n) is 4.23. The SMILES string of the molecule is CCOC(=O)C(C)N1C(=O)COc2cc(C)c(Br)cc21.Cc1cc2c(cc1Br)N1C(=NNC(=O)C1C)CO2. The molecule has 0 saturated heterocycles. The summed E-state index contributed by atoms with van der Waals surface area (Å²) in [6, 6.07) is 6.60. The largest absolute Gasteiger partial charge is 0.483 e. The van der Waals surface area contributed by atoms with Crippen molar-refractivity contribution < 1.29 is 28.6 Å². The Morgan fingerprint density at radius 3 is 2.29 bits per heavy atom. The number of hydrogen-bond donors (Lipinski definition) is 1. The Balaban J connectivity index is 0.000000178. The minimum Gasteiger partial charge on any atom is -0.483 e. The van der Waals surface area contributed by atoms with Gasteiger partial charge in [0.1, 0.15) is 30.2 Å². The van der Waals surface area contributed by atoms with Gasteiger partial charge in [0.25, 0.3) is 11.8 Å². The minimum atomic E-state index is -0.681. The van der Waals surface area contributed by atoms with Gasteiger partial charge < -0.3 is 19.1 Å². The van der Waals surface area contributed by atoms with Crippen LogP contribution in [0.15, 0.2) is 38.3 Å². The van der Waals surface area contributed by atoms with Crippen LogP contribution in [0.4, 0.5) is 11.4 Å². The van der Waals surface area contributed by atoms with E-state index in [0.29, 0.717) is 18.0 Å². The molecule has 1 N–H and O–H groups in total. The molecular weight excluding hydrogens is 624 g/mol. The van der Waals surface area contributed by atoms with Gasteiger partial charge in [0, 0.05) is 8.95 Å². The Labute approximate surface area is 237 Å². The molecule has 3 heterocycles. The summed E-state index contributed by atoms with van der Waals surface area (Å²) < 4.78 is 17.9. The minimum absolute atomic E-state index is 0.0716. The Morgan fingerprint density at radius 1 is 1.08 bits per heavy atom. The number of carbonyl (C=O) groups excluding carboxylic acids is 3. The molecule has 3 aliphatic rings. The maximum Gasteiger partial charge on any atom is 0.328 e. The second-order valence-corrected chi connectivity index (χ2v) is 10.7. The Morgan fingerprint density at radius 2 is 1.66 bits per heavy atom. The Hall–Kier alpha value is -3.12. The summed E-state index contributed by atoms with van der Waals surface area (Å²) >= 11 is 6.93. The molecule has 2 aromatic carbocycles. The highest BCUT2D eigenvalue weighted by Gasteiger charge is 2.36. The highest BCUT2D eigenvalue weighted by molar-refractivity contribution is 9.10. The number of halogens is 2. The average Bonchev–Trinajstić information content (AvgIpc) is 2.88. The lowest BCUT2D eigenvalue weighted by molar-refractivity contribution is -0.145. The van der Waals surface area contributed by atoms with Crippen molar-refractivity contribution in [3.8, 4) is 11.5 Å². The van der Waals surface area contributed by atoms with Crippen LogP contribution < -0.4 is 24.7 Å². The van der Waals surface area contributed by atoms with E-state index in [2.05, 4.69) is 42.4 Å². The molecule has 2 atom stereocenters. The maximum atomic E-state index is 12.1. The van der Waals surface area contributed by atoms with Crippen LogP contribution in [-0.4, -0.2) is 55.5 Å². The van der Waals surface area contributed by atoms with Crippen molar-refractivity contribution in [1.29, 1.82) is 0 Å². The summed E-state index contributed by atoms with van der Waals surface area (Å²) in [5.41, 5.74) is 6.06. The van der Waals surface area contributed by atoms with Crippen LogP contribution in [0.5, 0.6) is 11.5 Å². The van der Waals surface area contributed by atoms with E-state index in [9.17, 15) is 14.4 Å². The summed E-state index contributed by atoms with van der Waals surface area (Å²) in [6.45, 7) is 9.76. The van der Waals surface area contributed by atoms with Crippen molar-refractivity contribution >= 4 is 66.9 Å². The summed E-state index contributed by atoms with van der Waals surface area (Å²) in [6.07, 6.45) is 0. The highest BCUT2D eigenvalue weighted by atomic mass is 79.9. The highest BCUT2D eigenvalue weighted by Crippen LogP contribution is 2.39. The van der Waals surface area contributed by atoms with Crippen molar-refractivity contribution in [2.24, 2.45) is 5.10 Å². The Kier molecular flexibility index (Phi) is 8.31. The molecular formula is C26H28Br2N4O6. The van der Waals surface area contributed by atoms with Crippen molar-refractivity contribution in [2.45, 2.75) is 46.7 Å². The standard InChI is InChI=1S/C14H16BrNO4.C12H12BrN3O2/c1-4-19-14(18)9(3)16-11-6-10(15)8(2)5-12(11)20-7-13(16)17;1-6-3-10-9(4-8(6)13)16-7(2)12(17)15-14-11(16)5-18-10/h5-6,9H,4,7H2,1-3H3;3-4,7H,5H2,1-2H3,(H,15,17). The van der Waals surface area contributed by atoms with Gasteiger partial charge in [0.15, 0.2) is 12.4 Å². The smallest absolute Gasteiger partial charge is 0.328 e. The van der Waals surface area contributed by atoms with Gasteiger partial charge in [-0.25, -0.2) is 10.2 Å².